The molecule has 1 aromatic carbocycles. The quantitative estimate of drug-likeness (QED) is 0.805. The summed E-state index contributed by atoms with van der Waals surface area (Å²) < 4.78 is 0. The van der Waals surface area contributed by atoms with E-state index in [2.05, 4.69) is 16.3 Å². The topological polar surface area (TPSA) is 52.8 Å². The predicted molar refractivity (Wildman–Crippen MR) is 67.6 cm³/mol. The Bertz CT molecular complexity index is 553. The van der Waals surface area contributed by atoms with Crippen molar-refractivity contribution in [3.63, 3.8) is 0 Å². The molecule has 17 heavy (non-hydrogen) atoms. The number of anilines is 1. The minimum atomic E-state index is -0.00747. The molecule has 0 saturated carbocycles. The highest BCUT2D eigenvalue weighted by Crippen LogP contribution is 2.23. The Morgan fingerprint density at radius 3 is 2.94 bits per heavy atom. The lowest BCUT2D eigenvalue weighted by Gasteiger charge is -2.21. The zero-order valence-corrected chi connectivity index (χ0v) is 9.96. The van der Waals surface area contributed by atoms with E-state index in [0.717, 1.165) is 16.6 Å². The molecule has 2 rings (SSSR count). The largest absolute Gasteiger partial charge is 0.371 e. The van der Waals surface area contributed by atoms with Gasteiger partial charge in [0.15, 0.2) is 0 Å². The van der Waals surface area contributed by atoms with E-state index in [4.69, 9.17) is 5.26 Å². The molecule has 0 bridgehead atoms. The van der Waals surface area contributed by atoms with E-state index >= 15 is 0 Å². The fourth-order valence-corrected chi connectivity index (χ4v) is 1.85. The molecular weight excluding hydrogens is 212 g/mol. The second-order valence-electron chi connectivity index (χ2n) is 4.16. The molecule has 0 amide bonds. The Labute approximate surface area is 100 Å². The van der Waals surface area contributed by atoms with E-state index in [-0.39, 0.29) is 5.92 Å². The summed E-state index contributed by atoms with van der Waals surface area (Å²) in [6.07, 6.45) is 1.74. The Hall–Kier alpha value is -2.15. The van der Waals surface area contributed by atoms with Gasteiger partial charge in [0.1, 0.15) is 0 Å². The van der Waals surface area contributed by atoms with E-state index < -0.39 is 0 Å². The van der Waals surface area contributed by atoms with Crippen LogP contribution in [0.3, 0.4) is 0 Å². The van der Waals surface area contributed by atoms with Crippen LogP contribution in [0.15, 0.2) is 30.5 Å². The summed E-state index contributed by atoms with van der Waals surface area (Å²) in [6.45, 7) is 2.60. The van der Waals surface area contributed by atoms with E-state index in [9.17, 15) is 0 Å². The first-order chi connectivity index (χ1) is 8.22. The monoisotopic (exact) mass is 226 g/mol. The first-order valence-electron chi connectivity index (χ1n) is 5.53. The smallest absolute Gasteiger partial charge is 0.0950 e. The van der Waals surface area contributed by atoms with Gasteiger partial charge < -0.3 is 4.90 Å². The lowest BCUT2D eigenvalue weighted by atomic mass is 10.1. The molecule has 2 aromatic rings. The Morgan fingerprint density at radius 1 is 1.41 bits per heavy atom. The molecule has 0 aliphatic rings. The summed E-state index contributed by atoms with van der Waals surface area (Å²) in [6, 6.07) is 10.1. The summed E-state index contributed by atoms with van der Waals surface area (Å²) in [5.41, 5.74) is 1.89. The van der Waals surface area contributed by atoms with Crippen LogP contribution in [0.2, 0.25) is 0 Å². The third-order valence-corrected chi connectivity index (χ3v) is 2.70. The molecule has 4 heteroatoms. The maximum atomic E-state index is 8.84. The average molecular weight is 226 g/mol. The number of benzene rings is 1. The summed E-state index contributed by atoms with van der Waals surface area (Å²) >= 11 is 0. The molecule has 0 saturated heterocycles. The van der Waals surface area contributed by atoms with Crippen LogP contribution in [-0.4, -0.2) is 23.8 Å². The second kappa shape index (κ2) is 4.79. The van der Waals surface area contributed by atoms with Gasteiger partial charge in [-0.15, -0.1) is 0 Å². The predicted octanol–water partition coefficient (Wildman–Crippen LogP) is 2.23. The van der Waals surface area contributed by atoms with Crippen LogP contribution in [0, 0.1) is 17.2 Å². The second-order valence-corrected chi connectivity index (χ2v) is 4.16. The highest BCUT2D eigenvalue weighted by molar-refractivity contribution is 5.90. The highest BCUT2D eigenvalue weighted by atomic mass is 15.1. The van der Waals surface area contributed by atoms with Crippen molar-refractivity contribution >= 4 is 16.6 Å². The molecule has 1 aromatic heterocycles. The molecule has 4 nitrogen and oxygen atoms in total. The summed E-state index contributed by atoms with van der Waals surface area (Å²) in [7, 11) is 1.97. The fraction of sp³-hybridized carbons (Fsp3) is 0.308. The minimum absolute atomic E-state index is 0.00747. The molecule has 0 aliphatic heterocycles. The maximum absolute atomic E-state index is 8.84. The lowest BCUT2D eigenvalue weighted by Crippen LogP contribution is -2.23. The molecule has 1 heterocycles. The first kappa shape index (κ1) is 11.3. The third kappa shape index (κ3) is 2.34. The van der Waals surface area contributed by atoms with Gasteiger partial charge in [0.25, 0.3) is 0 Å². The molecular formula is C13H14N4. The van der Waals surface area contributed by atoms with Gasteiger partial charge in [-0.05, 0) is 13.0 Å². The highest BCUT2D eigenvalue weighted by Gasteiger charge is 2.10. The normalized spacial score (nSPS) is 12.1. The molecule has 0 radical (unpaired) electrons. The van der Waals surface area contributed by atoms with Gasteiger partial charge in [-0.1, -0.05) is 18.2 Å². The number of hydrogen-bond acceptors (Lipinski definition) is 4. The van der Waals surface area contributed by atoms with Gasteiger partial charge in [0, 0.05) is 19.0 Å². The molecule has 86 valence electrons. The van der Waals surface area contributed by atoms with Gasteiger partial charge in [0.05, 0.1) is 29.4 Å². The maximum Gasteiger partial charge on any atom is 0.0950 e. The van der Waals surface area contributed by atoms with Crippen molar-refractivity contribution in [3.8, 4) is 6.07 Å². The van der Waals surface area contributed by atoms with E-state index in [0.29, 0.717) is 6.54 Å². The third-order valence-electron chi connectivity index (χ3n) is 2.70. The van der Waals surface area contributed by atoms with Gasteiger partial charge in [-0.2, -0.15) is 15.5 Å². The molecule has 0 aliphatic carbocycles. The number of hydrogen-bond donors (Lipinski definition) is 0. The molecule has 0 N–H and O–H groups in total. The SMILES string of the molecule is CC(C#N)CN(C)c1cnnc2ccccc12. The van der Waals surface area contributed by atoms with Crippen LogP contribution in [-0.2, 0) is 0 Å². The number of nitrogens with zero attached hydrogens (tertiary/aromatic N) is 4. The van der Waals surface area contributed by atoms with E-state index in [1.165, 1.54) is 0 Å². The number of nitriles is 1. The Balaban J connectivity index is 2.38. The minimum Gasteiger partial charge on any atom is -0.371 e. The molecule has 0 spiro atoms. The van der Waals surface area contributed by atoms with E-state index in [1.54, 1.807) is 6.20 Å². The molecule has 0 fully saturated rings. The first-order valence-corrected chi connectivity index (χ1v) is 5.53. The fourth-order valence-electron chi connectivity index (χ4n) is 1.85. The van der Waals surface area contributed by atoms with Crippen LogP contribution >= 0.6 is 0 Å². The van der Waals surface area contributed by atoms with Crippen LogP contribution in [0.1, 0.15) is 6.92 Å². The number of aromatic nitrogens is 2. The number of fused-ring (bicyclic) bond motifs is 1. The zero-order valence-electron chi connectivity index (χ0n) is 9.96. The molecule has 1 unspecified atom stereocenters. The van der Waals surface area contributed by atoms with Crippen molar-refractivity contribution < 1.29 is 0 Å². The van der Waals surface area contributed by atoms with Crippen LogP contribution in [0.25, 0.3) is 10.9 Å². The van der Waals surface area contributed by atoms with Crippen molar-refractivity contribution in [3.05, 3.63) is 30.5 Å². The van der Waals surface area contributed by atoms with Gasteiger partial charge >= 0.3 is 0 Å². The Morgan fingerprint density at radius 2 is 2.18 bits per heavy atom. The summed E-state index contributed by atoms with van der Waals surface area (Å²) in [5.74, 6) is -0.00747. The Kier molecular flexibility index (Phi) is 3.20. The average Bonchev–Trinajstić information content (AvgIpc) is 2.37. The van der Waals surface area contributed by atoms with Gasteiger partial charge in [-0.25, -0.2) is 0 Å². The summed E-state index contributed by atoms with van der Waals surface area (Å²) in [4.78, 5) is 2.05. The van der Waals surface area contributed by atoms with Crippen LogP contribution in [0.4, 0.5) is 5.69 Å². The number of rotatable bonds is 3. The standard InChI is InChI=1S/C13H14N4/c1-10(7-14)9-17(2)13-8-15-16-12-6-4-3-5-11(12)13/h3-6,8,10H,9H2,1-2H3. The van der Waals surface area contributed by atoms with Crippen molar-refractivity contribution in [1.29, 1.82) is 5.26 Å². The van der Waals surface area contributed by atoms with Crippen molar-refractivity contribution in [2.24, 2.45) is 5.92 Å². The van der Waals surface area contributed by atoms with Crippen LogP contribution in [0.5, 0.6) is 0 Å². The van der Waals surface area contributed by atoms with Crippen molar-refractivity contribution in [2.75, 3.05) is 18.5 Å². The van der Waals surface area contributed by atoms with Crippen LogP contribution < -0.4 is 4.90 Å². The van der Waals surface area contributed by atoms with Gasteiger partial charge in [0.2, 0.25) is 0 Å². The lowest BCUT2D eigenvalue weighted by molar-refractivity contribution is 0.716. The zero-order chi connectivity index (χ0) is 12.3. The van der Waals surface area contributed by atoms with Gasteiger partial charge in [-0.3, -0.25) is 0 Å². The summed E-state index contributed by atoms with van der Waals surface area (Å²) in [5, 5.41) is 18.0. The van der Waals surface area contributed by atoms with E-state index in [1.807, 2.05) is 43.1 Å². The molecule has 1 atom stereocenters. The van der Waals surface area contributed by atoms with Crippen molar-refractivity contribution in [1.82, 2.24) is 10.2 Å². The van der Waals surface area contributed by atoms with Crippen molar-refractivity contribution in [2.45, 2.75) is 6.92 Å².